The number of halogens is 2. The third-order valence-electron chi connectivity index (χ3n) is 3.84. The van der Waals surface area contributed by atoms with Gasteiger partial charge < -0.3 is 10.8 Å². The minimum atomic E-state index is -0.781. The molecule has 1 heterocycles. The van der Waals surface area contributed by atoms with Crippen molar-refractivity contribution in [1.29, 1.82) is 0 Å². The Kier molecular flexibility index (Phi) is 5.65. The summed E-state index contributed by atoms with van der Waals surface area (Å²) in [5, 5.41) is 15.7. The molecule has 3 rings (SSSR count). The summed E-state index contributed by atoms with van der Waals surface area (Å²) in [4.78, 5) is 16.3. The van der Waals surface area contributed by atoms with E-state index < -0.39 is 17.5 Å². The largest absolute Gasteiger partial charge is 0.507 e. The van der Waals surface area contributed by atoms with Gasteiger partial charge in [0.05, 0.1) is 23.0 Å². The van der Waals surface area contributed by atoms with E-state index >= 15 is 0 Å². The van der Waals surface area contributed by atoms with Gasteiger partial charge in [-0.25, -0.2) is 13.5 Å². The van der Waals surface area contributed by atoms with Gasteiger partial charge in [-0.05, 0) is 37.3 Å². The molecule has 0 aliphatic rings. The number of carbonyl (C=O) groups excluding carboxylic acids is 1. The standard InChI is InChI=1S/C19H16F2N4O2S/c1-2-23-19-25(24-9-13-14(20)4-3-5-15(13)21)16(10-28-19)11-6-7-17(26)12(8-11)18(22)27/h3-10,26H,2H2,1H3,(H2,22,27)/b23-19?,24-9-. The van der Waals surface area contributed by atoms with Crippen molar-refractivity contribution in [3.63, 3.8) is 0 Å². The van der Waals surface area contributed by atoms with E-state index in [4.69, 9.17) is 5.73 Å². The second-order valence-electron chi connectivity index (χ2n) is 5.67. The normalized spacial score (nSPS) is 12.0. The molecule has 0 spiro atoms. The first-order valence-corrected chi connectivity index (χ1v) is 9.13. The first-order chi connectivity index (χ1) is 13.4. The molecule has 1 aromatic heterocycles. The molecule has 0 unspecified atom stereocenters. The van der Waals surface area contributed by atoms with Gasteiger partial charge in [0, 0.05) is 17.5 Å². The third kappa shape index (κ3) is 3.84. The molecule has 0 atom stereocenters. The molecule has 2 aromatic carbocycles. The van der Waals surface area contributed by atoms with E-state index in [1.807, 2.05) is 6.92 Å². The van der Waals surface area contributed by atoms with Crippen molar-refractivity contribution >= 4 is 23.5 Å². The Hall–Kier alpha value is -3.33. The zero-order valence-corrected chi connectivity index (χ0v) is 15.6. The van der Waals surface area contributed by atoms with Gasteiger partial charge in [0.2, 0.25) is 4.80 Å². The maximum absolute atomic E-state index is 13.9. The number of primary amides is 1. The molecule has 0 fully saturated rings. The molecular weight excluding hydrogens is 386 g/mol. The van der Waals surface area contributed by atoms with Gasteiger partial charge in [-0.3, -0.25) is 9.79 Å². The van der Waals surface area contributed by atoms with E-state index in [1.165, 1.54) is 34.2 Å². The van der Waals surface area contributed by atoms with Crippen molar-refractivity contribution in [2.24, 2.45) is 15.8 Å². The van der Waals surface area contributed by atoms with Gasteiger partial charge in [0.15, 0.2) is 0 Å². The maximum Gasteiger partial charge on any atom is 0.252 e. The lowest BCUT2D eigenvalue weighted by molar-refractivity contribution is 0.0998. The van der Waals surface area contributed by atoms with Crippen LogP contribution >= 0.6 is 11.3 Å². The van der Waals surface area contributed by atoms with E-state index in [0.29, 0.717) is 22.6 Å². The summed E-state index contributed by atoms with van der Waals surface area (Å²) in [5.74, 6) is -2.50. The maximum atomic E-state index is 13.9. The summed E-state index contributed by atoms with van der Waals surface area (Å²) in [6.45, 7) is 2.32. The number of phenols is 1. The predicted octanol–water partition coefficient (Wildman–Crippen LogP) is 3.10. The highest BCUT2D eigenvalue weighted by Gasteiger charge is 2.13. The lowest BCUT2D eigenvalue weighted by Crippen LogP contribution is -2.14. The number of benzene rings is 2. The van der Waals surface area contributed by atoms with Crippen LogP contribution in [0.25, 0.3) is 11.3 Å². The Morgan fingerprint density at radius 3 is 2.64 bits per heavy atom. The second-order valence-corrected chi connectivity index (χ2v) is 6.50. The van der Waals surface area contributed by atoms with Crippen LogP contribution in [0.2, 0.25) is 0 Å². The zero-order chi connectivity index (χ0) is 20.3. The predicted molar refractivity (Wildman–Crippen MR) is 103 cm³/mol. The van der Waals surface area contributed by atoms with E-state index in [9.17, 15) is 18.7 Å². The molecule has 9 heteroatoms. The lowest BCUT2D eigenvalue weighted by Gasteiger charge is -2.07. The highest BCUT2D eigenvalue weighted by Crippen LogP contribution is 2.26. The quantitative estimate of drug-likeness (QED) is 0.642. The minimum Gasteiger partial charge on any atom is -0.507 e. The fraction of sp³-hybridized carbons (Fsp3) is 0.105. The number of hydrogen-bond donors (Lipinski definition) is 2. The van der Waals surface area contributed by atoms with E-state index in [0.717, 1.165) is 18.3 Å². The number of aromatic hydroxyl groups is 1. The van der Waals surface area contributed by atoms with E-state index in [-0.39, 0.29) is 16.9 Å². The van der Waals surface area contributed by atoms with Crippen LogP contribution in [0.4, 0.5) is 8.78 Å². The van der Waals surface area contributed by atoms with Crippen LogP contribution in [0.3, 0.4) is 0 Å². The van der Waals surface area contributed by atoms with Crippen molar-refractivity contribution in [1.82, 2.24) is 4.68 Å². The number of hydrogen-bond acceptors (Lipinski definition) is 5. The number of thiazole rings is 1. The summed E-state index contributed by atoms with van der Waals surface area (Å²) < 4.78 is 29.2. The van der Waals surface area contributed by atoms with Gasteiger partial charge in [0.25, 0.3) is 5.91 Å². The number of amides is 1. The van der Waals surface area contributed by atoms with Crippen LogP contribution in [-0.2, 0) is 0 Å². The Morgan fingerprint density at radius 2 is 2.00 bits per heavy atom. The smallest absolute Gasteiger partial charge is 0.252 e. The highest BCUT2D eigenvalue weighted by atomic mass is 32.1. The Morgan fingerprint density at radius 1 is 1.29 bits per heavy atom. The molecule has 1 amide bonds. The molecule has 3 aromatic rings. The first kappa shape index (κ1) is 19.4. The van der Waals surface area contributed by atoms with Gasteiger partial charge in [-0.2, -0.15) is 5.10 Å². The Bertz CT molecular complexity index is 1110. The molecule has 0 saturated carbocycles. The summed E-state index contributed by atoms with van der Waals surface area (Å²) in [6.07, 6.45) is 1.07. The molecule has 3 N–H and O–H groups in total. The molecular formula is C19H16F2N4O2S. The van der Waals surface area contributed by atoms with Gasteiger partial charge in [-0.15, -0.1) is 11.3 Å². The Labute approximate surface area is 162 Å². The SMILES string of the molecule is CCN=c1scc(-c2ccc(O)c(C(N)=O)c2)n1/N=C\c1c(F)cccc1F. The first-order valence-electron chi connectivity index (χ1n) is 8.25. The average molecular weight is 402 g/mol. The zero-order valence-electron chi connectivity index (χ0n) is 14.8. The van der Waals surface area contributed by atoms with Crippen molar-refractivity contribution in [2.45, 2.75) is 6.92 Å². The van der Waals surface area contributed by atoms with E-state index in [1.54, 1.807) is 11.4 Å². The van der Waals surface area contributed by atoms with Crippen LogP contribution in [-0.4, -0.2) is 28.4 Å². The van der Waals surface area contributed by atoms with Crippen LogP contribution in [0.1, 0.15) is 22.8 Å². The lowest BCUT2D eigenvalue weighted by atomic mass is 10.1. The molecule has 28 heavy (non-hydrogen) atoms. The molecule has 144 valence electrons. The molecule has 0 saturated heterocycles. The third-order valence-corrected chi connectivity index (χ3v) is 4.69. The molecule has 0 radical (unpaired) electrons. The average Bonchev–Trinajstić information content (AvgIpc) is 3.04. The van der Waals surface area contributed by atoms with Crippen LogP contribution in [0, 0.1) is 11.6 Å². The van der Waals surface area contributed by atoms with Gasteiger partial charge >= 0.3 is 0 Å². The van der Waals surface area contributed by atoms with Crippen molar-refractivity contribution in [2.75, 3.05) is 6.54 Å². The fourth-order valence-electron chi connectivity index (χ4n) is 2.50. The molecule has 6 nitrogen and oxygen atoms in total. The van der Waals surface area contributed by atoms with Crippen LogP contribution in [0.15, 0.2) is 51.9 Å². The second kappa shape index (κ2) is 8.13. The van der Waals surface area contributed by atoms with Crippen LogP contribution < -0.4 is 10.5 Å². The minimum absolute atomic E-state index is 0.0478. The summed E-state index contributed by atoms with van der Waals surface area (Å²) >= 11 is 1.27. The molecule has 0 bridgehead atoms. The molecule has 0 aliphatic carbocycles. The van der Waals surface area contributed by atoms with Crippen LogP contribution in [0.5, 0.6) is 5.75 Å². The van der Waals surface area contributed by atoms with Gasteiger partial charge in [0.1, 0.15) is 17.4 Å². The monoisotopic (exact) mass is 402 g/mol. The summed E-state index contributed by atoms with van der Waals surface area (Å²) in [6, 6.07) is 7.89. The number of nitrogens with two attached hydrogens (primary N) is 1. The van der Waals surface area contributed by atoms with Crippen molar-refractivity contribution < 1.29 is 18.7 Å². The number of carbonyl (C=O) groups is 1. The fourth-order valence-corrected chi connectivity index (χ4v) is 3.40. The van der Waals surface area contributed by atoms with Crippen molar-refractivity contribution in [3.05, 3.63) is 69.3 Å². The molecule has 0 aliphatic heterocycles. The topological polar surface area (TPSA) is 93.0 Å². The highest BCUT2D eigenvalue weighted by molar-refractivity contribution is 7.07. The Balaban J connectivity index is 2.16. The number of nitrogens with zero attached hydrogens (tertiary/aromatic N) is 3. The number of aromatic nitrogens is 1. The number of rotatable bonds is 5. The van der Waals surface area contributed by atoms with E-state index in [2.05, 4.69) is 10.1 Å². The van der Waals surface area contributed by atoms with Gasteiger partial charge in [-0.1, -0.05) is 6.07 Å². The summed E-state index contributed by atoms with van der Waals surface area (Å²) in [7, 11) is 0. The van der Waals surface area contributed by atoms with Crippen molar-refractivity contribution in [3.8, 4) is 17.0 Å². The summed E-state index contributed by atoms with van der Waals surface area (Å²) in [5.41, 5.74) is 6.01.